The summed E-state index contributed by atoms with van der Waals surface area (Å²) in [5, 5.41) is 0. The molecule has 1 aliphatic rings. The number of aromatic nitrogens is 1. The number of amides is 1. The number of ether oxygens (including phenoxy) is 1. The predicted octanol–water partition coefficient (Wildman–Crippen LogP) is 1.85. The molecule has 1 fully saturated rings. The molecule has 24 heavy (non-hydrogen) atoms. The zero-order valence-electron chi connectivity index (χ0n) is 14.6. The Kier molecular flexibility index (Phi) is 7.18. The number of hydrogen-bond acceptors (Lipinski definition) is 5. The average Bonchev–Trinajstić information content (AvgIpc) is 2.64. The monoisotopic (exact) mass is 333 g/mol. The number of esters is 1. The molecule has 0 aliphatic carbocycles. The van der Waals surface area contributed by atoms with Crippen molar-refractivity contribution < 1.29 is 14.3 Å². The average molecular weight is 333 g/mol. The fraction of sp³-hybridized carbons (Fsp3) is 0.611. The second-order valence-electron chi connectivity index (χ2n) is 6.13. The van der Waals surface area contributed by atoms with Crippen molar-refractivity contribution in [3.63, 3.8) is 0 Å². The molecule has 1 saturated heterocycles. The summed E-state index contributed by atoms with van der Waals surface area (Å²) in [4.78, 5) is 31.9. The van der Waals surface area contributed by atoms with Crippen LogP contribution >= 0.6 is 0 Å². The first-order valence-corrected chi connectivity index (χ1v) is 8.61. The van der Waals surface area contributed by atoms with Gasteiger partial charge in [0.1, 0.15) is 0 Å². The normalized spacial score (nSPS) is 17.8. The van der Waals surface area contributed by atoms with Gasteiger partial charge in [0.2, 0.25) is 5.91 Å². The van der Waals surface area contributed by atoms with Gasteiger partial charge in [0.25, 0.3) is 0 Å². The quantitative estimate of drug-likeness (QED) is 0.713. The SMILES string of the molecule is CCN(Cc1ccncc1)C1CCCN(C(=O)CCC(=O)OC)C1. The van der Waals surface area contributed by atoms with Gasteiger partial charge in [-0.15, -0.1) is 0 Å². The van der Waals surface area contributed by atoms with E-state index < -0.39 is 0 Å². The molecule has 1 aliphatic heterocycles. The Hall–Kier alpha value is -1.95. The Morgan fingerprint density at radius 1 is 1.33 bits per heavy atom. The molecule has 2 heterocycles. The molecule has 0 radical (unpaired) electrons. The van der Waals surface area contributed by atoms with Gasteiger partial charge in [0, 0.05) is 44.5 Å². The highest BCUT2D eigenvalue weighted by Crippen LogP contribution is 2.19. The molecule has 1 aromatic heterocycles. The lowest BCUT2D eigenvalue weighted by Gasteiger charge is -2.39. The molecule has 0 saturated carbocycles. The predicted molar refractivity (Wildman–Crippen MR) is 91.2 cm³/mol. The molecule has 6 heteroatoms. The number of pyridine rings is 1. The molecule has 0 N–H and O–H groups in total. The van der Waals surface area contributed by atoms with Crippen LogP contribution in [0.25, 0.3) is 0 Å². The van der Waals surface area contributed by atoms with E-state index in [1.165, 1.54) is 12.7 Å². The van der Waals surface area contributed by atoms with Crippen LogP contribution in [-0.2, 0) is 20.9 Å². The van der Waals surface area contributed by atoms with Gasteiger partial charge in [0.05, 0.1) is 13.5 Å². The molecule has 1 amide bonds. The van der Waals surface area contributed by atoms with E-state index in [0.29, 0.717) is 6.04 Å². The van der Waals surface area contributed by atoms with E-state index in [9.17, 15) is 9.59 Å². The molecule has 2 rings (SSSR count). The number of nitrogens with zero attached hydrogens (tertiary/aromatic N) is 3. The van der Waals surface area contributed by atoms with E-state index >= 15 is 0 Å². The summed E-state index contributed by atoms with van der Waals surface area (Å²) in [6.45, 7) is 5.48. The lowest BCUT2D eigenvalue weighted by molar-refractivity contribution is -0.144. The number of hydrogen-bond donors (Lipinski definition) is 0. The maximum atomic E-state index is 12.3. The van der Waals surface area contributed by atoms with Gasteiger partial charge in [-0.1, -0.05) is 6.92 Å². The number of carbonyl (C=O) groups excluding carboxylic acids is 2. The lowest BCUT2D eigenvalue weighted by atomic mass is 10.0. The summed E-state index contributed by atoms with van der Waals surface area (Å²) < 4.78 is 4.61. The van der Waals surface area contributed by atoms with Gasteiger partial charge in [-0.05, 0) is 37.1 Å². The number of methoxy groups -OCH3 is 1. The number of likely N-dealkylation sites (tertiary alicyclic amines) is 1. The molecule has 132 valence electrons. The number of piperidine rings is 1. The minimum Gasteiger partial charge on any atom is -0.469 e. The molecule has 6 nitrogen and oxygen atoms in total. The minimum atomic E-state index is -0.329. The Bertz CT molecular complexity index is 536. The molecular weight excluding hydrogens is 306 g/mol. The van der Waals surface area contributed by atoms with Gasteiger partial charge in [-0.3, -0.25) is 19.5 Å². The Morgan fingerprint density at radius 3 is 2.75 bits per heavy atom. The number of carbonyl (C=O) groups is 2. The zero-order chi connectivity index (χ0) is 17.4. The van der Waals surface area contributed by atoms with E-state index in [2.05, 4.69) is 21.5 Å². The van der Waals surface area contributed by atoms with Crippen molar-refractivity contribution in [3.05, 3.63) is 30.1 Å². The van der Waals surface area contributed by atoms with E-state index in [1.54, 1.807) is 0 Å². The van der Waals surface area contributed by atoms with Crippen LogP contribution in [0.15, 0.2) is 24.5 Å². The number of rotatable bonds is 7. The van der Waals surface area contributed by atoms with Crippen molar-refractivity contribution in [2.45, 2.75) is 45.2 Å². The standard InChI is InChI=1S/C18H27N3O3/c1-3-20(13-15-8-10-19-11-9-15)16-5-4-12-21(14-16)17(22)6-7-18(23)24-2/h8-11,16H,3-7,12-14H2,1-2H3. The van der Waals surface area contributed by atoms with Crippen LogP contribution in [0.1, 0.15) is 38.2 Å². The number of likely N-dealkylation sites (N-methyl/N-ethyl adjacent to an activating group) is 1. The smallest absolute Gasteiger partial charge is 0.306 e. The van der Waals surface area contributed by atoms with Crippen molar-refractivity contribution in [2.24, 2.45) is 0 Å². The van der Waals surface area contributed by atoms with E-state index in [4.69, 9.17) is 0 Å². The third kappa shape index (κ3) is 5.30. The van der Waals surface area contributed by atoms with Crippen LogP contribution in [0.2, 0.25) is 0 Å². The Labute approximate surface area is 143 Å². The third-order valence-electron chi connectivity index (χ3n) is 4.58. The zero-order valence-corrected chi connectivity index (χ0v) is 14.6. The molecular formula is C18H27N3O3. The molecule has 0 aromatic carbocycles. The first kappa shape index (κ1) is 18.4. The fourth-order valence-electron chi connectivity index (χ4n) is 3.17. The minimum absolute atomic E-state index is 0.0464. The summed E-state index contributed by atoms with van der Waals surface area (Å²) in [5.41, 5.74) is 1.24. The Morgan fingerprint density at radius 2 is 2.08 bits per heavy atom. The van der Waals surface area contributed by atoms with Crippen molar-refractivity contribution in [2.75, 3.05) is 26.7 Å². The largest absolute Gasteiger partial charge is 0.469 e. The second-order valence-corrected chi connectivity index (χ2v) is 6.13. The lowest BCUT2D eigenvalue weighted by Crippen LogP contribution is -2.49. The third-order valence-corrected chi connectivity index (χ3v) is 4.58. The van der Waals surface area contributed by atoms with E-state index in [-0.39, 0.29) is 24.7 Å². The Balaban J connectivity index is 1.90. The topological polar surface area (TPSA) is 62.7 Å². The molecule has 1 atom stereocenters. The van der Waals surface area contributed by atoms with Crippen molar-refractivity contribution in [1.29, 1.82) is 0 Å². The van der Waals surface area contributed by atoms with Gasteiger partial charge in [-0.25, -0.2) is 0 Å². The summed E-state index contributed by atoms with van der Waals surface area (Å²) in [7, 11) is 1.35. The molecule has 1 aromatic rings. The van der Waals surface area contributed by atoms with Crippen LogP contribution in [0.4, 0.5) is 0 Å². The van der Waals surface area contributed by atoms with Crippen molar-refractivity contribution >= 4 is 11.9 Å². The molecule has 1 unspecified atom stereocenters. The van der Waals surface area contributed by atoms with Crippen LogP contribution < -0.4 is 0 Å². The van der Waals surface area contributed by atoms with Gasteiger partial charge in [0.15, 0.2) is 0 Å². The highest BCUT2D eigenvalue weighted by atomic mass is 16.5. The van der Waals surface area contributed by atoms with Crippen LogP contribution in [0.5, 0.6) is 0 Å². The van der Waals surface area contributed by atoms with Gasteiger partial charge < -0.3 is 9.64 Å². The second kappa shape index (κ2) is 9.37. The van der Waals surface area contributed by atoms with Crippen molar-refractivity contribution in [1.82, 2.24) is 14.8 Å². The van der Waals surface area contributed by atoms with Crippen LogP contribution in [0, 0.1) is 0 Å². The fourth-order valence-corrected chi connectivity index (χ4v) is 3.17. The van der Waals surface area contributed by atoms with E-state index in [0.717, 1.165) is 39.0 Å². The van der Waals surface area contributed by atoms with Gasteiger partial charge in [-0.2, -0.15) is 0 Å². The van der Waals surface area contributed by atoms with E-state index in [1.807, 2.05) is 29.4 Å². The first-order valence-electron chi connectivity index (χ1n) is 8.61. The summed E-state index contributed by atoms with van der Waals surface area (Å²) >= 11 is 0. The maximum absolute atomic E-state index is 12.3. The maximum Gasteiger partial charge on any atom is 0.306 e. The summed E-state index contributed by atoms with van der Waals surface area (Å²) in [6.07, 6.45) is 6.11. The molecule has 0 spiro atoms. The highest BCUT2D eigenvalue weighted by Gasteiger charge is 2.27. The summed E-state index contributed by atoms with van der Waals surface area (Å²) in [5.74, 6) is -0.283. The van der Waals surface area contributed by atoms with Crippen LogP contribution in [-0.4, -0.2) is 59.4 Å². The van der Waals surface area contributed by atoms with Gasteiger partial charge >= 0.3 is 5.97 Å². The highest BCUT2D eigenvalue weighted by molar-refractivity contribution is 5.81. The van der Waals surface area contributed by atoms with Crippen molar-refractivity contribution in [3.8, 4) is 0 Å². The van der Waals surface area contributed by atoms with Crippen LogP contribution in [0.3, 0.4) is 0 Å². The summed E-state index contributed by atoms with van der Waals surface area (Å²) in [6, 6.07) is 4.43. The first-order chi connectivity index (χ1) is 11.6. The molecule has 0 bridgehead atoms.